The number of hydrogen-bond donors (Lipinski definition) is 2. The van der Waals surface area contributed by atoms with Crippen LogP contribution in [-0.2, 0) is 11.3 Å². The van der Waals surface area contributed by atoms with Crippen LogP contribution < -0.4 is 16.0 Å². The lowest BCUT2D eigenvalue weighted by molar-refractivity contribution is -0.124. The third-order valence-electron chi connectivity index (χ3n) is 4.65. The Morgan fingerprint density at radius 3 is 2.73 bits per heavy atom. The highest BCUT2D eigenvalue weighted by Gasteiger charge is 2.32. The minimum Gasteiger partial charge on any atom is -0.362 e. The van der Waals surface area contributed by atoms with Crippen LogP contribution in [-0.4, -0.2) is 31.5 Å². The molecule has 0 atom stereocenters. The monoisotopic (exact) mass is 304 g/mol. The molecular weight excluding hydrogens is 276 g/mol. The summed E-state index contributed by atoms with van der Waals surface area (Å²) >= 11 is 0. The second-order valence-corrected chi connectivity index (χ2v) is 6.60. The van der Waals surface area contributed by atoms with Crippen molar-refractivity contribution < 1.29 is 4.79 Å². The number of carbonyl (C=O) groups excluding carboxylic acids is 1. The number of nitrogens with two attached hydrogens (primary N) is 1. The Labute approximate surface area is 133 Å². The van der Waals surface area contributed by atoms with Crippen LogP contribution in [0.3, 0.4) is 0 Å². The minimum absolute atomic E-state index is 0.0155. The predicted octanol–water partition coefficient (Wildman–Crippen LogP) is 2.06. The molecule has 1 aliphatic rings. The van der Waals surface area contributed by atoms with E-state index in [1.807, 2.05) is 31.1 Å². The molecule has 122 valence electrons. The average molecular weight is 304 g/mol. The lowest BCUT2D eigenvalue weighted by Gasteiger charge is -2.35. The van der Waals surface area contributed by atoms with Gasteiger partial charge >= 0.3 is 0 Å². The third-order valence-corrected chi connectivity index (χ3v) is 4.65. The van der Waals surface area contributed by atoms with Gasteiger partial charge in [0.2, 0.25) is 5.91 Å². The highest BCUT2D eigenvalue weighted by molar-refractivity contribution is 5.77. The Morgan fingerprint density at radius 1 is 1.36 bits per heavy atom. The van der Waals surface area contributed by atoms with E-state index in [2.05, 4.69) is 10.3 Å². The lowest BCUT2D eigenvalue weighted by atomic mass is 9.71. The Morgan fingerprint density at radius 2 is 2.09 bits per heavy atom. The van der Waals surface area contributed by atoms with Gasteiger partial charge in [0.15, 0.2) is 0 Å². The maximum absolute atomic E-state index is 12.3. The first kappa shape index (κ1) is 16.7. The third kappa shape index (κ3) is 4.19. The van der Waals surface area contributed by atoms with Crippen LogP contribution in [0, 0.1) is 5.41 Å². The van der Waals surface area contributed by atoms with E-state index in [0.717, 1.165) is 24.2 Å². The molecule has 1 fully saturated rings. The van der Waals surface area contributed by atoms with E-state index in [4.69, 9.17) is 5.73 Å². The first-order valence-corrected chi connectivity index (χ1v) is 8.14. The minimum atomic E-state index is 0.0155. The number of hydrogen-bond acceptors (Lipinski definition) is 4. The summed E-state index contributed by atoms with van der Waals surface area (Å²) in [4.78, 5) is 18.6. The van der Waals surface area contributed by atoms with Crippen molar-refractivity contribution in [2.24, 2.45) is 11.1 Å². The Hall–Kier alpha value is -1.62. The summed E-state index contributed by atoms with van der Waals surface area (Å²) in [6.45, 7) is 1.12. The summed E-state index contributed by atoms with van der Waals surface area (Å²) < 4.78 is 0. The summed E-state index contributed by atoms with van der Waals surface area (Å²) in [6.07, 6.45) is 8.12. The molecule has 0 unspecified atom stereocenters. The zero-order valence-electron chi connectivity index (χ0n) is 13.8. The molecule has 3 N–H and O–H groups in total. The SMILES string of the molecule is CN(C)c1ncccc1CNC(=O)CC1(CN)CCCCC1. The van der Waals surface area contributed by atoms with Crippen LogP contribution >= 0.6 is 0 Å². The maximum atomic E-state index is 12.3. The van der Waals surface area contributed by atoms with Crippen LogP contribution in [0.2, 0.25) is 0 Å². The standard InChI is InChI=1S/C17H28N4O/c1-21(2)16-14(7-6-10-19-16)12-20-15(22)11-17(13-18)8-4-3-5-9-17/h6-7,10H,3-5,8-9,11-13,18H2,1-2H3,(H,20,22). The molecule has 0 bridgehead atoms. The molecule has 0 saturated heterocycles. The van der Waals surface area contributed by atoms with E-state index < -0.39 is 0 Å². The molecule has 5 nitrogen and oxygen atoms in total. The Kier molecular flexibility index (Phi) is 5.77. The van der Waals surface area contributed by atoms with E-state index in [9.17, 15) is 4.79 Å². The Balaban J connectivity index is 1.93. The molecule has 0 aliphatic heterocycles. The van der Waals surface area contributed by atoms with Gasteiger partial charge in [0.25, 0.3) is 0 Å². The van der Waals surface area contributed by atoms with Crippen molar-refractivity contribution in [3.05, 3.63) is 23.9 Å². The largest absolute Gasteiger partial charge is 0.362 e. The number of rotatable bonds is 6. The lowest BCUT2D eigenvalue weighted by Crippen LogP contribution is -2.38. The van der Waals surface area contributed by atoms with Crippen LogP contribution in [0.1, 0.15) is 44.1 Å². The van der Waals surface area contributed by atoms with E-state index in [1.54, 1.807) is 6.20 Å². The van der Waals surface area contributed by atoms with Gasteiger partial charge in [-0.2, -0.15) is 0 Å². The van der Waals surface area contributed by atoms with Gasteiger partial charge < -0.3 is 16.0 Å². The second-order valence-electron chi connectivity index (χ2n) is 6.60. The van der Waals surface area contributed by atoms with E-state index in [1.165, 1.54) is 19.3 Å². The van der Waals surface area contributed by atoms with Crippen LogP contribution in [0.15, 0.2) is 18.3 Å². The van der Waals surface area contributed by atoms with Gasteiger partial charge in [-0.3, -0.25) is 4.79 Å². The number of anilines is 1. The van der Waals surface area contributed by atoms with Gasteiger partial charge in [-0.15, -0.1) is 0 Å². The van der Waals surface area contributed by atoms with Crippen molar-refractivity contribution >= 4 is 11.7 Å². The highest BCUT2D eigenvalue weighted by atomic mass is 16.1. The van der Waals surface area contributed by atoms with Crippen molar-refractivity contribution in [3.8, 4) is 0 Å². The van der Waals surface area contributed by atoms with E-state index >= 15 is 0 Å². The maximum Gasteiger partial charge on any atom is 0.220 e. The average Bonchev–Trinajstić information content (AvgIpc) is 2.54. The number of nitrogens with one attached hydrogen (secondary N) is 1. The molecule has 1 aromatic heterocycles. The van der Waals surface area contributed by atoms with Gasteiger partial charge in [0.1, 0.15) is 5.82 Å². The molecule has 22 heavy (non-hydrogen) atoms. The van der Waals surface area contributed by atoms with Gasteiger partial charge in [-0.1, -0.05) is 25.3 Å². The molecule has 5 heteroatoms. The molecule has 0 spiro atoms. The molecular formula is C17H28N4O. The molecule has 0 aromatic carbocycles. The quantitative estimate of drug-likeness (QED) is 0.844. The van der Waals surface area contributed by atoms with Crippen molar-refractivity contribution in [1.29, 1.82) is 0 Å². The van der Waals surface area contributed by atoms with E-state index in [0.29, 0.717) is 19.5 Å². The molecule has 2 rings (SSSR count). The zero-order chi connectivity index (χ0) is 16.0. The van der Waals surface area contributed by atoms with Gasteiger partial charge in [0.05, 0.1) is 0 Å². The van der Waals surface area contributed by atoms with Crippen LogP contribution in [0.4, 0.5) is 5.82 Å². The molecule has 1 saturated carbocycles. The van der Waals surface area contributed by atoms with Crippen LogP contribution in [0.25, 0.3) is 0 Å². The summed E-state index contributed by atoms with van der Waals surface area (Å²) in [5.41, 5.74) is 7.01. The molecule has 1 aromatic rings. The van der Waals surface area contributed by atoms with Crippen LogP contribution in [0.5, 0.6) is 0 Å². The summed E-state index contributed by atoms with van der Waals surface area (Å²) in [5, 5.41) is 3.04. The summed E-state index contributed by atoms with van der Waals surface area (Å²) in [5.74, 6) is 0.995. The summed E-state index contributed by atoms with van der Waals surface area (Å²) in [6, 6.07) is 3.90. The topological polar surface area (TPSA) is 71.2 Å². The van der Waals surface area contributed by atoms with Crippen molar-refractivity contribution in [2.75, 3.05) is 25.5 Å². The number of pyridine rings is 1. The Bertz CT molecular complexity index is 495. The molecule has 0 radical (unpaired) electrons. The summed E-state index contributed by atoms with van der Waals surface area (Å²) in [7, 11) is 3.91. The molecule has 1 amide bonds. The smallest absolute Gasteiger partial charge is 0.220 e. The first-order valence-electron chi connectivity index (χ1n) is 8.14. The predicted molar refractivity (Wildman–Crippen MR) is 89.6 cm³/mol. The van der Waals surface area contributed by atoms with Crippen molar-refractivity contribution in [1.82, 2.24) is 10.3 Å². The van der Waals surface area contributed by atoms with E-state index in [-0.39, 0.29) is 11.3 Å². The fourth-order valence-corrected chi connectivity index (χ4v) is 3.32. The number of amides is 1. The van der Waals surface area contributed by atoms with Crippen molar-refractivity contribution in [3.63, 3.8) is 0 Å². The number of carbonyl (C=O) groups is 1. The number of aromatic nitrogens is 1. The molecule has 1 aliphatic carbocycles. The normalized spacial score (nSPS) is 17.0. The highest BCUT2D eigenvalue weighted by Crippen LogP contribution is 2.38. The second kappa shape index (κ2) is 7.58. The van der Waals surface area contributed by atoms with Crippen molar-refractivity contribution in [2.45, 2.75) is 45.1 Å². The zero-order valence-corrected chi connectivity index (χ0v) is 13.8. The fraction of sp³-hybridized carbons (Fsp3) is 0.647. The fourth-order valence-electron chi connectivity index (χ4n) is 3.32. The first-order chi connectivity index (χ1) is 10.6. The van der Waals surface area contributed by atoms with Gasteiger partial charge in [-0.25, -0.2) is 4.98 Å². The molecule has 1 heterocycles. The van der Waals surface area contributed by atoms with Gasteiger partial charge in [-0.05, 0) is 30.9 Å². The number of nitrogens with zero attached hydrogens (tertiary/aromatic N) is 2. The van der Waals surface area contributed by atoms with Gasteiger partial charge in [0, 0.05) is 38.8 Å².